The summed E-state index contributed by atoms with van der Waals surface area (Å²) in [6, 6.07) is 0. The third-order valence-corrected chi connectivity index (χ3v) is 3.51. The lowest BCUT2D eigenvalue weighted by atomic mass is 9.99. The van der Waals surface area contributed by atoms with Gasteiger partial charge in [-0.1, -0.05) is 0 Å². The second kappa shape index (κ2) is 6.44. The van der Waals surface area contributed by atoms with E-state index in [-0.39, 0.29) is 29.1 Å². The molecule has 0 saturated carbocycles. The highest BCUT2D eigenvalue weighted by molar-refractivity contribution is 8.12. The minimum absolute atomic E-state index is 0. The van der Waals surface area contributed by atoms with E-state index in [0.717, 1.165) is 12.1 Å². The summed E-state index contributed by atoms with van der Waals surface area (Å²) >= 11 is 1.25. The maximum atomic E-state index is 5.74. The molecule has 1 aromatic heterocycles. The summed E-state index contributed by atoms with van der Waals surface area (Å²) < 4.78 is 0. The fourth-order valence-corrected chi connectivity index (χ4v) is 2.51. The van der Waals surface area contributed by atoms with Gasteiger partial charge < -0.3 is 18.1 Å². The molecule has 0 aliphatic carbocycles. The van der Waals surface area contributed by atoms with Crippen LogP contribution in [-0.2, 0) is 5.75 Å². The van der Waals surface area contributed by atoms with Gasteiger partial charge in [-0.25, -0.2) is 5.01 Å². The quantitative estimate of drug-likeness (QED) is 0.381. The molecular formula is C11H19ClN8S. The summed E-state index contributed by atoms with van der Waals surface area (Å²) in [6.45, 7) is 6.13. The van der Waals surface area contributed by atoms with E-state index in [1.165, 1.54) is 11.8 Å². The van der Waals surface area contributed by atoms with Crippen LogP contribution in [0.25, 0.3) is 0 Å². The molecule has 0 atom stereocenters. The Morgan fingerprint density at radius 3 is 2.57 bits per heavy atom. The Hall–Kier alpha value is -1.61. The monoisotopic (exact) mass is 330 g/mol. The van der Waals surface area contributed by atoms with Crippen molar-refractivity contribution in [2.75, 3.05) is 10.7 Å². The molecule has 0 amide bonds. The molecule has 10 heteroatoms. The summed E-state index contributed by atoms with van der Waals surface area (Å²) in [5.41, 5.74) is 12.0. The van der Waals surface area contributed by atoms with Crippen molar-refractivity contribution >= 4 is 34.5 Å². The number of anilines is 2. The van der Waals surface area contributed by atoms with Gasteiger partial charge in [0.2, 0.25) is 5.95 Å². The summed E-state index contributed by atoms with van der Waals surface area (Å²) in [5.74, 6) is 1.59. The zero-order valence-corrected chi connectivity index (χ0v) is 13.7. The van der Waals surface area contributed by atoms with E-state index in [1.807, 2.05) is 6.92 Å². The van der Waals surface area contributed by atoms with Crippen LogP contribution in [0, 0.1) is 0 Å². The average molecular weight is 331 g/mol. The zero-order valence-electron chi connectivity index (χ0n) is 12.2. The Balaban J connectivity index is 0.00000220. The van der Waals surface area contributed by atoms with Gasteiger partial charge in [0.15, 0.2) is 0 Å². The Bertz CT molecular complexity index is 573. The van der Waals surface area contributed by atoms with Crippen molar-refractivity contribution in [2.24, 2.45) is 10.8 Å². The smallest absolute Gasteiger partial charge is 0.300 e. The predicted molar refractivity (Wildman–Crippen MR) is 80.9 cm³/mol. The molecule has 0 radical (unpaired) electrons. The van der Waals surface area contributed by atoms with Crippen molar-refractivity contribution in [1.82, 2.24) is 15.0 Å². The van der Waals surface area contributed by atoms with Crippen LogP contribution in [0.4, 0.5) is 11.9 Å². The molecule has 0 spiro atoms. The fraction of sp³-hybridized carbons (Fsp3) is 0.545. The molecule has 0 bridgehead atoms. The van der Waals surface area contributed by atoms with Crippen LogP contribution in [0.2, 0.25) is 0 Å². The maximum Gasteiger partial charge on any atom is 0.300 e. The van der Waals surface area contributed by atoms with E-state index < -0.39 is 0 Å². The Morgan fingerprint density at radius 1 is 1.38 bits per heavy atom. The second-order valence-corrected chi connectivity index (χ2v) is 6.29. The first-order chi connectivity index (χ1) is 9.28. The van der Waals surface area contributed by atoms with Gasteiger partial charge >= 0.3 is 0 Å². The predicted octanol–water partition coefficient (Wildman–Crippen LogP) is -3.87. The number of amidine groups is 1. The van der Waals surface area contributed by atoms with Crippen LogP contribution in [-0.4, -0.2) is 31.4 Å². The number of hydrogen-bond acceptors (Lipinski definition) is 7. The molecule has 2 rings (SSSR count). The van der Waals surface area contributed by atoms with Gasteiger partial charge in [0.1, 0.15) is 5.82 Å². The van der Waals surface area contributed by atoms with Crippen LogP contribution in [0.1, 0.15) is 33.0 Å². The molecule has 2 heterocycles. The van der Waals surface area contributed by atoms with E-state index in [1.54, 1.807) is 5.01 Å². The first-order valence-electron chi connectivity index (χ1n) is 6.13. The topological polar surface area (TPSA) is 132 Å². The maximum absolute atomic E-state index is 5.74. The van der Waals surface area contributed by atoms with Crippen molar-refractivity contribution in [1.29, 1.82) is 0 Å². The van der Waals surface area contributed by atoms with Crippen molar-refractivity contribution in [3.8, 4) is 0 Å². The Labute approximate surface area is 133 Å². The van der Waals surface area contributed by atoms with Crippen LogP contribution >= 0.6 is 11.8 Å². The van der Waals surface area contributed by atoms with Crippen molar-refractivity contribution < 1.29 is 17.8 Å². The number of rotatable bonds is 3. The Morgan fingerprint density at radius 2 is 2.05 bits per heavy atom. The van der Waals surface area contributed by atoms with Crippen molar-refractivity contribution in [2.45, 2.75) is 38.5 Å². The van der Waals surface area contributed by atoms with E-state index in [9.17, 15) is 0 Å². The molecule has 116 valence electrons. The SMILES string of the molecule is CC1=NN(c2nc(N)nc(CSC(N)=[NH2+])n2)C(C)(C)C1.[Cl-]. The van der Waals surface area contributed by atoms with Gasteiger partial charge in [-0.2, -0.15) is 20.1 Å². The average Bonchev–Trinajstić information content (AvgIpc) is 2.59. The molecule has 0 unspecified atom stereocenters. The van der Waals surface area contributed by atoms with E-state index >= 15 is 0 Å². The molecule has 8 nitrogen and oxygen atoms in total. The Kier molecular flexibility index (Phi) is 5.35. The summed E-state index contributed by atoms with van der Waals surface area (Å²) in [6.07, 6.45) is 0.853. The second-order valence-electron chi connectivity index (χ2n) is 5.24. The number of thioether (sulfide) groups is 1. The standard InChI is InChI=1S/C11H18N8S.ClH/c1-6-4-11(2,3)19(18-6)10-16-7(5-20-8(12)13)15-9(14)17-10;/h4-5H2,1-3H3,(H3,12,13)(H2,14,15,16,17);1H. The van der Waals surface area contributed by atoms with Crippen molar-refractivity contribution in [3.05, 3.63) is 5.82 Å². The van der Waals surface area contributed by atoms with Gasteiger partial charge in [-0.05, 0) is 32.5 Å². The lowest BCUT2D eigenvalue weighted by Gasteiger charge is -2.28. The van der Waals surface area contributed by atoms with Gasteiger partial charge in [-0.15, -0.1) is 0 Å². The molecule has 1 aromatic rings. The number of nitrogen functional groups attached to an aromatic ring is 1. The normalized spacial score (nSPS) is 16.3. The molecule has 0 fully saturated rings. The number of nitrogens with zero attached hydrogens (tertiary/aromatic N) is 5. The van der Waals surface area contributed by atoms with Gasteiger partial charge in [-0.3, -0.25) is 11.1 Å². The first-order valence-corrected chi connectivity index (χ1v) is 7.12. The summed E-state index contributed by atoms with van der Waals surface area (Å²) in [5, 5.41) is 11.9. The molecule has 21 heavy (non-hydrogen) atoms. The van der Waals surface area contributed by atoms with Crippen LogP contribution in [0.5, 0.6) is 0 Å². The van der Waals surface area contributed by atoms with Crippen LogP contribution in [0.15, 0.2) is 5.10 Å². The van der Waals surface area contributed by atoms with Gasteiger partial charge in [0, 0.05) is 12.1 Å². The molecule has 6 N–H and O–H groups in total. The third-order valence-electron chi connectivity index (χ3n) is 2.78. The summed E-state index contributed by atoms with van der Waals surface area (Å²) in [7, 11) is 0. The van der Waals surface area contributed by atoms with Gasteiger partial charge in [0.25, 0.3) is 11.1 Å². The minimum Gasteiger partial charge on any atom is -1.00 e. The molecule has 0 saturated heterocycles. The van der Waals surface area contributed by atoms with Crippen LogP contribution < -0.4 is 34.3 Å². The summed E-state index contributed by atoms with van der Waals surface area (Å²) in [4.78, 5) is 12.6. The number of halogens is 1. The number of hydrogen-bond donors (Lipinski definition) is 3. The largest absolute Gasteiger partial charge is 1.00 e. The third kappa shape index (κ3) is 4.18. The molecule has 1 aliphatic heterocycles. The molecular weight excluding hydrogens is 312 g/mol. The first kappa shape index (κ1) is 17.4. The highest BCUT2D eigenvalue weighted by atomic mass is 35.5. The van der Waals surface area contributed by atoms with E-state index in [4.69, 9.17) is 16.9 Å². The number of nitrogens with two attached hydrogens (primary N) is 3. The molecule has 1 aliphatic rings. The highest BCUT2D eigenvalue weighted by Gasteiger charge is 2.35. The lowest BCUT2D eigenvalue weighted by molar-refractivity contribution is -0.110. The zero-order chi connectivity index (χ0) is 14.9. The van der Waals surface area contributed by atoms with E-state index in [0.29, 0.717) is 17.5 Å². The molecule has 0 aromatic carbocycles. The van der Waals surface area contributed by atoms with Gasteiger partial charge in [0.05, 0.1) is 11.3 Å². The fourth-order valence-electron chi connectivity index (χ4n) is 2.09. The lowest BCUT2D eigenvalue weighted by Crippen LogP contribution is -3.00. The number of aromatic nitrogens is 3. The minimum atomic E-state index is -0.179. The van der Waals surface area contributed by atoms with E-state index in [2.05, 4.69) is 33.9 Å². The van der Waals surface area contributed by atoms with Crippen LogP contribution in [0.3, 0.4) is 0 Å². The highest BCUT2D eigenvalue weighted by Crippen LogP contribution is 2.30. The number of hydrazone groups is 1. The van der Waals surface area contributed by atoms with Crippen molar-refractivity contribution in [3.63, 3.8) is 0 Å².